The molecule has 1 N–H and O–H groups in total. The van der Waals surface area contributed by atoms with Crippen LogP contribution in [0.5, 0.6) is 0 Å². The van der Waals surface area contributed by atoms with Gasteiger partial charge in [0.05, 0.1) is 5.92 Å². The first-order chi connectivity index (χ1) is 12.0. The summed E-state index contributed by atoms with van der Waals surface area (Å²) in [5.74, 6) is -0.990. The first-order valence-corrected chi connectivity index (χ1v) is 8.58. The van der Waals surface area contributed by atoms with Crippen LogP contribution >= 0.6 is 11.3 Å². The Bertz CT molecular complexity index is 754. The van der Waals surface area contributed by atoms with Crippen LogP contribution in [0.1, 0.15) is 23.4 Å². The highest BCUT2D eigenvalue weighted by Gasteiger charge is 2.34. The number of hydrogen-bond donors (Lipinski definition) is 1. The van der Waals surface area contributed by atoms with Crippen LogP contribution in [0.2, 0.25) is 0 Å². The van der Waals surface area contributed by atoms with Crippen molar-refractivity contribution < 1.29 is 18.4 Å². The number of amides is 2. The second kappa shape index (κ2) is 7.64. The fourth-order valence-corrected chi connectivity index (χ4v) is 3.26. The molecule has 3 rings (SSSR count). The third kappa shape index (κ3) is 4.36. The molecule has 1 aliphatic rings. The highest BCUT2D eigenvalue weighted by atomic mass is 32.1. The van der Waals surface area contributed by atoms with Crippen molar-refractivity contribution in [1.82, 2.24) is 15.1 Å². The van der Waals surface area contributed by atoms with E-state index in [2.05, 4.69) is 15.5 Å². The SMILES string of the molecule is O=C(Nc1nnc(C(F)F)s1)C1CC(=O)N(CCc2ccccc2)C1. The van der Waals surface area contributed by atoms with Crippen LogP contribution in [-0.4, -0.2) is 40.0 Å². The van der Waals surface area contributed by atoms with Gasteiger partial charge in [0.2, 0.25) is 16.9 Å². The van der Waals surface area contributed by atoms with Crippen LogP contribution in [-0.2, 0) is 16.0 Å². The molecule has 2 heterocycles. The number of hydrogen-bond acceptors (Lipinski definition) is 5. The fraction of sp³-hybridized carbons (Fsp3) is 0.375. The van der Waals surface area contributed by atoms with Gasteiger partial charge in [-0.1, -0.05) is 41.7 Å². The van der Waals surface area contributed by atoms with Crippen LogP contribution in [0.4, 0.5) is 13.9 Å². The molecule has 1 saturated heterocycles. The Hall–Kier alpha value is -2.42. The van der Waals surface area contributed by atoms with E-state index in [0.717, 1.165) is 12.0 Å². The second-order valence-corrected chi connectivity index (χ2v) is 6.72. The molecule has 1 aromatic carbocycles. The second-order valence-electron chi connectivity index (χ2n) is 5.71. The summed E-state index contributed by atoms with van der Waals surface area (Å²) in [6.07, 6.45) is -1.89. The standard InChI is InChI=1S/C16H16F2N4O2S/c17-13(18)15-20-21-16(25-15)19-14(24)11-8-12(23)22(9-11)7-6-10-4-2-1-3-5-10/h1-5,11,13H,6-9H2,(H,19,21,24). The molecule has 132 valence electrons. The topological polar surface area (TPSA) is 75.2 Å². The van der Waals surface area contributed by atoms with Crippen molar-refractivity contribution in [2.45, 2.75) is 19.3 Å². The number of carbonyl (C=O) groups excluding carboxylic acids is 2. The van der Waals surface area contributed by atoms with E-state index in [9.17, 15) is 18.4 Å². The Morgan fingerprint density at radius 2 is 2.08 bits per heavy atom. The first kappa shape index (κ1) is 17.4. The van der Waals surface area contributed by atoms with Crippen LogP contribution in [0.15, 0.2) is 30.3 Å². The lowest BCUT2D eigenvalue weighted by Gasteiger charge is -2.16. The van der Waals surface area contributed by atoms with Crippen molar-refractivity contribution in [3.05, 3.63) is 40.9 Å². The lowest BCUT2D eigenvalue weighted by atomic mass is 10.1. The molecule has 0 spiro atoms. The van der Waals surface area contributed by atoms with Gasteiger partial charge in [0.15, 0.2) is 5.01 Å². The maximum Gasteiger partial charge on any atom is 0.291 e. The Morgan fingerprint density at radius 3 is 2.76 bits per heavy atom. The van der Waals surface area contributed by atoms with E-state index in [1.165, 1.54) is 0 Å². The molecule has 0 aliphatic carbocycles. The van der Waals surface area contributed by atoms with Crippen LogP contribution in [0.3, 0.4) is 0 Å². The Labute approximate surface area is 146 Å². The molecule has 1 aromatic heterocycles. The van der Waals surface area contributed by atoms with Crippen LogP contribution in [0, 0.1) is 5.92 Å². The number of aromatic nitrogens is 2. The summed E-state index contributed by atoms with van der Waals surface area (Å²) in [4.78, 5) is 26.0. The van der Waals surface area contributed by atoms with Gasteiger partial charge in [-0.05, 0) is 12.0 Å². The smallest absolute Gasteiger partial charge is 0.291 e. The monoisotopic (exact) mass is 366 g/mol. The van der Waals surface area contributed by atoms with E-state index in [1.54, 1.807) is 4.90 Å². The van der Waals surface area contributed by atoms with Gasteiger partial charge in [-0.15, -0.1) is 10.2 Å². The zero-order valence-electron chi connectivity index (χ0n) is 13.2. The third-order valence-corrected chi connectivity index (χ3v) is 4.80. The van der Waals surface area contributed by atoms with Gasteiger partial charge in [0.25, 0.3) is 6.43 Å². The Balaban J connectivity index is 1.53. The lowest BCUT2D eigenvalue weighted by Crippen LogP contribution is -2.30. The van der Waals surface area contributed by atoms with Gasteiger partial charge in [-0.3, -0.25) is 9.59 Å². The number of alkyl halides is 2. The number of nitrogens with one attached hydrogen (secondary N) is 1. The van der Waals surface area contributed by atoms with E-state index in [1.807, 2.05) is 30.3 Å². The maximum absolute atomic E-state index is 12.5. The minimum absolute atomic E-state index is 0.0236. The quantitative estimate of drug-likeness (QED) is 0.852. The minimum Gasteiger partial charge on any atom is -0.342 e. The molecule has 2 aromatic rings. The van der Waals surface area contributed by atoms with Crippen molar-refractivity contribution in [1.29, 1.82) is 0 Å². The molecular weight excluding hydrogens is 350 g/mol. The first-order valence-electron chi connectivity index (χ1n) is 7.77. The molecule has 6 nitrogen and oxygen atoms in total. The third-order valence-electron chi connectivity index (χ3n) is 3.96. The molecule has 1 unspecified atom stereocenters. The van der Waals surface area contributed by atoms with E-state index in [-0.39, 0.29) is 17.5 Å². The summed E-state index contributed by atoms with van der Waals surface area (Å²) in [5.41, 5.74) is 1.12. The van der Waals surface area contributed by atoms with Gasteiger partial charge in [0.1, 0.15) is 0 Å². The normalized spacial score (nSPS) is 17.3. The molecule has 1 atom stereocenters. The molecular formula is C16H16F2N4O2S. The fourth-order valence-electron chi connectivity index (χ4n) is 2.65. The summed E-state index contributed by atoms with van der Waals surface area (Å²) in [5, 5.41) is 8.88. The number of benzene rings is 1. The molecule has 25 heavy (non-hydrogen) atoms. The van der Waals surface area contributed by atoms with E-state index >= 15 is 0 Å². The lowest BCUT2D eigenvalue weighted by molar-refractivity contribution is -0.128. The van der Waals surface area contributed by atoms with Crippen LogP contribution in [0.25, 0.3) is 0 Å². The van der Waals surface area contributed by atoms with Crippen molar-refractivity contribution in [2.75, 3.05) is 18.4 Å². The molecule has 0 radical (unpaired) electrons. The van der Waals surface area contributed by atoms with Crippen molar-refractivity contribution in [3.8, 4) is 0 Å². The molecule has 0 saturated carbocycles. The predicted octanol–water partition coefficient (Wildman–Crippen LogP) is 2.51. The van der Waals surface area contributed by atoms with Gasteiger partial charge in [-0.25, -0.2) is 8.78 Å². The van der Waals surface area contributed by atoms with Gasteiger partial charge < -0.3 is 10.2 Å². The predicted molar refractivity (Wildman–Crippen MR) is 88.3 cm³/mol. The molecule has 1 aliphatic heterocycles. The number of anilines is 1. The number of nitrogens with zero attached hydrogens (tertiary/aromatic N) is 3. The van der Waals surface area contributed by atoms with Crippen LogP contribution < -0.4 is 5.32 Å². The van der Waals surface area contributed by atoms with E-state index in [4.69, 9.17) is 0 Å². The summed E-state index contributed by atoms with van der Waals surface area (Å²) in [7, 11) is 0. The number of halogens is 2. The van der Waals surface area contributed by atoms with E-state index in [0.29, 0.717) is 24.4 Å². The van der Waals surface area contributed by atoms with Crippen molar-refractivity contribution in [3.63, 3.8) is 0 Å². The minimum atomic E-state index is -2.72. The number of likely N-dealkylation sites (tertiary alicyclic amines) is 1. The van der Waals surface area contributed by atoms with Gasteiger partial charge >= 0.3 is 0 Å². The number of rotatable bonds is 6. The summed E-state index contributed by atoms with van der Waals surface area (Å²) >= 11 is 0.635. The van der Waals surface area contributed by atoms with Gasteiger partial charge in [0, 0.05) is 19.5 Å². The number of carbonyl (C=O) groups is 2. The van der Waals surface area contributed by atoms with Crippen molar-refractivity contribution in [2.24, 2.45) is 5.92 Å². The highest BCUT2D eigenvalue weighted by molar-refractivity contribution is 7.15. The summed E-state index contributed by atoms with van der Waals surface area (Å²) < 4.78 is 25.0. The molecule has 9 heteroatoms. The largest absolute Gasteiger partial charge is 0.342 e. The zero-order valence-corrected chi connectivity index (χ0v) is 14.0. The average Bonchev–Trinajstić information content (AvgIpc) is 3.21. The highest BCUT2D eigenvalue weighted by Crippen LogP contribution is 2.26. The Morgan fingerprint density at radius 1 is 1.32 bits per heavy atom. The van der Waals surface area contributed by atoms with E-state index < -0.39 is 23.3 Å². The molecule has 0 bridgehead atoms. The Kier molecular flexibility index (Phi) is 5.32. The van der Waals surface area contributed by atoms with Gasteiger partial charge in [-0.2, -0.15) is 0 Å². The summed E-state index contributed by atoms with van der Waals surface area (Å²) in [6, 6.07) is 9.78. The van der Waals surface area contributed by atoms with Crippen molar-refractivity contribution >= 4 is 28.3 Å². The maximum atomic E-state index is 12.5. The average molecular weight is 366 g/mol. The molecule has 1 fully saturated rings. The summed E-state index contributed by atoms with van der Waals surface area (Å²) in [6.45, 7) is 0.860. The zero-order chi connectivity index (χ0) is 17.8. The molecule has 2 amide bonds.